The average molecular weight is 455 g/mol. The highest BCUT2D eigenvalue weighted by Gasteiger charge is 2.55. The Hall–Kier alpha value is -3.37. The minimum absolute atomic E-state index is 0.335. The number of amides is 2. The van der Waals surface area contributed by atoms with Crippen LogP contribution in [0.2, 0.25) is 0 Å². The first-order valence-electron chi connectivity index (χ1n) is 10.5. The molecular formula is C27H22NO4P+. The van der Waals surface area contributed by atoms with Crippen molar-refractivity contribution in [1.82, 2.24) is 4.90 Å². The van der Waals surface area contributed by atoms with Gasteiger partial charge in [0, 0.05) is 11.1 Å². The molecule has 0 bridgehead atoms. The van der Waals surface area contributed by atoms with Gasteiger partial charge in [-0.15, -0.1) is 0 Å². The van der Waals surface area contributed by atoms with E-state index in [9.17, 15) is 9.59 Å². The Labute approximate surface area is 193 Å². The highest BCUT2D eigenvalue weighted by Crippen LogP contribution is 2.80. The summed E-state index contributed by atoms with van der Waals surface area (Å²) in [6.45, 7) is 0. The molecule has 0 atom stereocenters. The van der Waals surface area contributed by atoms with E-state index in [2.05, 4.69) is 0 Å². The van der Waals surface area contributed by atoms with Gasteiger partial charge in [-0.2, -0.15) is 9.05 Å². The van der Waals surface area contributed by atoms with E-state index in [0.717, 1.165) is 21.8 Å². The molecule has 1 radical (unpaired) electrons. The molecule has 0 aromatic heterocycles. The molecule has 2 aliphatic heterocycles. The monoisotopic (exact) mass is 455 g/mol. The first kappa shape index (κ1) is 21.5. The Morgan fingerprint density at radius 3 is 1.39 bits per heavy atom. The zero-order chi connectivity index (χ0) is 23.0. The molecule has 3 aromatic carbocycles. The lowest BCUT2D eigenvalue weighted by Gasteiger charge is -2.32. The molecule has 0 N–H and O–H groups in total. The summed E-state index contributed by atoms with van der Waals surface area (Å²) in [5.74, 6) is -0.669. The quantitative estimate of drug-likeness (QED) is 0.347. The smallest absolute Gasteiger partial charge is 0.269 e. The van der Waals surface area contributed by atoms with E-state index in [1.165, 1.54) is 4.90 Å². The fraction of sp³-hybridized carbons (Fsp3) is 0.0741. The number of carbonyl (C=O) groups excluding carboxylic acids is 2. The summed E-state index contributed by atoms with van der Waals surface area (Å²) in [5, 5.41) is 1.61. The number of fused-ring (bicyclic) bond motifs is 1. The van der Waals surface area contributed by atoms with Crippen molar-refractivity contribution < 1.29 is 18.6 Å². The van der Waals surface area contributed by atoms with Crippen molar-refractivity contribution >= 4 is 30.2 Å². The summed E-state index contributed by atoms with van der Waals surface area (Å²) in [4.78, 5) is 27.8. The Bertz CT molecular complexity index is 1190. The van der Waals surface area contributed by atoms with Crippen LogP contribution in [0.5, 0.6) is 0 Å². The zero-order valence-electron chi connectivity index (χ0n) is 18.3. The van der Waals surface area contributed by atoms with Gasteiger partial charge in [-0.1, -0.05) is 72.8 Å². The van der Waals surface area contributed by atoms with Crippen molar-refractivity contribution in [3.05, 3.63) is 125 Å². The number of nitrogens with zero attached hydrogens (tertiary/aromatic N) is 1. The van der Waals surface area contributed by atoms with Gasteiger partial charge in [-0.3, -0.25) is 14.5 Å². The molecule has 5 nitrogen and oxygen atoms in total. The van der Waals surface area contributed by atoms with Crippen LogP contribution in [0.15, 0.2) is 97.1 Å². The van der Waals surface area contributed by atoms with E-state index in [4.69, 9.17) is 9.05 Å². The van der Waals surface area contributed by atoms with Crippen molar-refractivity contribution in [1.29, 1.82) is 0 Å². The van der Waals surface area contributed by atoms with E-state index in [1.807, 2.05) is 72.8 Å². The highest BCUT2D eigenvalue weighted by molar-refractivity contribution is 7.86. The molecule has 0 saturated heterocycles. The van der Waals surface area contributed by atoms with Gasteiger partial charge >= 0.3 is 7.72 Å². The van der Waals surface area contributed by atoms with Crippen LogP contribution >= 0.6 is 7.72 Å². The Morgan fingerprint density at radius 1 is 0.606 bits per heavy atom. The van der Waals surface area contributed by atoms with Gasteiger partial charge in [0.15, 0.2) is 10.6 Å². The van der Waals surface area contributed by atoms with Gasteiger partial charge in [-0.05, 0) is 24.3 Å². The fourth-order valence-corrected chi connectivity index (χ4v) is 7.14. The zero-order valence-corrected chi connectivity index (χ0v) is 19.2. The number of hydrogen-bond acceptors (Lipinski definition) is 4. The predicted octanol–water partition coefficient (Wildman–Crippen LogP) is 6.05. The summed E-state index contributed by atoms with van der Waals surface area (Å²) in [6.07, 6.45) is 3.70. The molecule has 6 heteroatoms. The van der Waals surface area contributed by atoms with Crippen molar-refractivity contribution in [3.63, 3.8) is 0 Å². The van der Waals surface area contributed by atoms with Crippen LogP contribution in [0.4, 0.5) is 0 Å². The van der Waals surface area contributed by atoms with Crippen LogP contribution in [0.25, 0.3) is 10.6 Å². The third kappa shape index (κ3) is 3.37. The molecule has 0 fully saturated rings. The van der Waals surface area contributed by atoms with Crippen molar-refractivity contribution in [2.45, 2.75) is 0 Å². The van der Waals surface area contributed by atoms with Crippen LogP contribution in [0.3, 0.4) is 0 Å². The largest absolute Gasteiger partial charge is 0.339 e. The van der Waals surface area contributed by atoms with Crippen LogP contribution in [-0.2, 0) is 9.05 Å². The van der Waals surface area contributed by atoms with Gasteiger partial charge in [0.1, 0.15) is 6.04 Å². The number of imide groups is 1. The molecule has 0 saturated carbocycles. The summed E-state index contributed by atoms with van der Waals surface area (Å²) >= 11 is 0. The maximum Gasteiger partial charge on any atom is 0.339 e. The lowest BCUT2D eigenvalue weighted by atomic mass is 10.1. The molecule has 5 rings (SSSR count). The van der Waals surface area contributed by atoms with Crippen LogP contribution < -0.4 is 0 Å². The molecule has 0 aliphatic carbocycles. The minimum Gasteiger partial charge on any atom is -0.269 e. The Morgan fingerprint density at radius 2 is 1.00 bits per heavy atom. The topological polar surface area (TPSA) is 55.8 Å². The summed E-state index contributed by atoms with van der Waals surface area (Å²) in [5.41, 5.74) is 2.63. The molecular weight excluding hydrogens is 433 g/mol. The van der Waals surface area contributed by atoms with E-state index in [-0.39, 0.29) is 11.8 Å². The first-order chi connectivity index (χ1) is 16.1. The van der Waals surface area contributed by atoms with E-state index < -0.39 is 7.72 Å². The first-order valence-corrected chi connectivity index (χ1v) is 12.1. The van der Waals surface area contributed by atoms with Gasteiger partial charge in [0.05, 0.1) is 25.3 Å². The second-order valence-electron chi connectivity index (χ2n) is 7.62. The SMILES string of the molecule is CO[P+]1(OC)C(c2ccccc2)=C[C](N2C(=O)c3ccccc3C2=O)C=C1c1ccccc1. The third-order valence-electron chi connectivity index (χ3n) is 5.91. The summed E-state index contributed by atoms with van der Waals surface area (Å²) in [6, 6.07) is 27.0. The van der Waals surface area contributed by atoms with E-state index in [0.29, 0.717) is 17.2 Å². The van der Waals surface area contributed by atoms with Crippen LogP contribution in [-0.4, -0.2) is 30.9 Å². The molecule has 2 aliphatic rings. The standard InChI is InChI=1S/C27H22NO4P/c1-31-33(32-2)24(19-11-5-3-6-12-19)17-21(18-25(33)20-13-7-4-8-14-20)28-26(29)22-15-9-10-16-23(22)27(28)30/h3-18H,1-2H3/q+1. The minimum atomic E-state index is -2.75. The summed E-state index contributed by atoms with van der Waals surface area (Å²) in [7, 11) is 0.519. The average Bonchev–Trinajstić information content (AvgIpc) is 3.14. The van der Waals surface area contributed by atoms with Gasteiger partial charge < -0.3 is 0 Å². The maximum atomic E-state index is 13.3. The molecule has 0 spiro atoms. The normalized spacial score (nSPS) is 17.6. The molecule has 3 aromatic rings. The molecule has 2 amide bonds. The fourth-order valence-electron chi connectivity index (χ4n) is 4.37. The Balaban J connectivity index is 1.72. The molecule has 2 heterocycles. The lowest BCUT2D eigenvalue weighted by Crippen LogP contribution is -2.33. The number of hydrogen-bond donors (Lipinski definition) is 0. The van der Waals surface area contributed by atoms with Crippen molar-refractivity contribution in [2.75, 3.05) is 14.2 Å². The van der Waals surface area contributed by atoms with Gasteiger partial charge in [-0.25, -0.2) is 0 Å². The van der Waals surface area contributed by atoms with Crippen LogP contribution in [0, 0.1) is 6.04 Å². The number of rotatable bonds is 5. The number of carbonyl (C=O) groups is 2. The maximum absolute atomic E-state index is 13.3. The predicted molar refractivity (Wildman–Crippen MR) is 130 cm³/mol. The molecule has 33 heavy (non-hydrogen) atoms. The van der Waals surface area contributed by atoms with E-state index >= 15 is 0 Å². The number of benzene rings is 3. The third-order valence-corrected chi connectivity index (χ3v) is 8.98. The van der Waals surface area contributed by atoms with Gasteiger partial charge in [0.25, 0.3) is 11.8 Å². The highest BCUT2D eigenvalue weighted by atomic mass is 31.2. The second-order valence-corrected chi connectivity index (χ2v) is 10.4. The second kappa shape index (κ2) is 8.53. The van der Waals surface area contributed by atoms with Crippen molar-refractivity contribution in [3.8, 4) is 0 Å². The van der Waals surface area contributed by atoms with E-state index in [1.54, 1.807) is 38.5 Å². The molecule has 163 valence electrons. The lowest BCUT2D eigenvalue weighted by molar-refractivity contribution is 0.0686. The van der Waals surface area contributed by atoms with Crippen LogP contribution in [0.1, 0.15) is 31.8 Å². The Kier molecular flexibility index (Phi) is 5.55. The van der Waals surface area contributed by atoms with Gasteiger partial charge in [0.2, 0.25) is 0 Å². The molecule has 0 unspecified atom stereocenters. The summed E-state index contributed by atoms with van der Waals surface area (Å²) < 4.78 is 12.3. The van der Waals surface area contributed by atoms with Crippen molar-refractivity contribution in [2.24, 2.45) is 0 Å².